The Kier molecular flexibility index (Phi) is 5.75. The van der Waals surface area contributed by atoms with E-state index >= 15 is 0 Å². The summed E-state index contributed by atoms with van der Waals surface area (Å²) in [6.45, 7) is 1.89. The Hall–Kier alpha value is -4.00. The highest BCUT2D eigenvalue weighted by molar-refractivity contribution is 6.09. The van der Waals surface area contributed by atoms with Gasteiger partial charge in [0, 0.05) is 48.9 Å². The predicted molar refractivity (Wildman–Crippen MR) is 118 cm³/mol. The van der Waals surface area contributed by atoms with Crippen LogP contribution in [0.5, 0.6) is 0 Å². The first-order valence-corrected chi connectivity index (χ1v) is 10.0. The molecule has 1 heterocycles. The number of anilines is 1. The lowest BCUT2D eigenvalue weighted by atomic mass is 10.0. The average molecular weight is 415 g/mol. The molecule has 0 N–H and O–H groups in total. The molecule has 0 unspecified atom stereocenters. The Labute approximate surface area is 179 Å². The van der Waals surface area contributed by atoms with E-state index in [-0.39, 0.29) is 22.9 Å². The fraction of sp³-hybridized carbons (Fsp3) is 0.167. The van der Waals surface area contributed by atoms with E-state index in [0.717, 1.165) is 0 Å². The normalized spacial score (nSPS) is 13.7. The molecule has 0 saturated carbocycles. The molecular weight excluding hydrogens is 394 g/mol. The maximum atomic E-state index is 12.7. The lowest BCUT2D eigenvalue weighted by molar-refractivity contribution is -0.384. The van der Waals surface area contributed by atoms with E-state index in [2.05, 4.69) is 0 Å². The van der Waals surface area contributed by atoms with Crippen LogP contribution in [0, 0.1) is 10.1 Å². The van der Waals surface area contributed by atoms with Crippen LogP contribution in [0.2, 0.25) is 0 Å². The largest absolute Gasteiger partial charge is 0.362 e. The second-order valence-electron chi connectivity index (χ2n) is 7.30. The van der Waals surface area contributed by atoms with Crippen molar-refractivity contribution in [2.75, 3.05) is 31.1 Å². The molecule has 7 nitrogen and oxygen atoms in total. The Morgan fingerprint density at radius 2 is 1.32 bits per heavy atom. The van der Waals surface area contributed by atoms with Gasteiger partial charge < -0.3 is 9.80 Å². The summed E-state index contributed by atoms with van der Waals surface area (Å²) in [6, 6.07) is 22.4. The number of hydrogen-bond donors (Lipinski definition) is 0. The van der Waals surface area contributed by atoms with E-state index in [4.69, 9.17) is 0 Å². The molecule has 1 aliphatic heterocycles. The SMILES string of the molecule is O=C(c1ccccc1)c1ccc(N2CCN(C(=O)c3ccccc3)CC2)c([N+](=O)[O-])c1. The number of benzene rings is 3. The van der Waals surface area contributed by atoms with E-state index in [0.29, 0.717) is 43.0 Å². The van der Waals surface area contributed by atoms with Gasteiger partial charge in [-0.2, -0.15) is 0 Å². The third-order valence-corrected chi connectivity index (χ3v) is 5.40. The van der Waals surface area contributed by atoms with Gasteiger partial charge in [-0.3, -0.25) is 19.7 Å². The zero-order valence-electron chi connectivity index (χ0n) is 16.8. The molecule has 156 valence electrons. The summed E-state index contributed by atoms with van der Waals surface area (Å²) in [6.07, 6.45) is 0. The molecule has 3 aromatic carbocycles. The number of nitro benzene ring substituents is 1. The van der Waals surface area contributed by atoms with Crippen molar-refractivity contribution < 1.29 is 14.5 Å². The van der Waals surface area contributed by atoms with Gasteiger partial charge in [-0.1, -0.05) is 48.5 Å². The van der Waals surface area contributed by atoms with Crippen LogP contribution in [-0.4, -0.2) is 47.7 Å². The quantitative estimate of drug-likeness (QED) is 0.360. The van der Waals surface area contributed by atoms with Gasteiger partial charge in [0.2, 0.25) is 0 Å². The first kappa shape index (κ1) is 20.3. The minimum absolute atomic E-state index is 0.0430. The number of hydrogen-bond acceptors (Lipinski definition) is 5. The average Bonchev–Trinajstić information content (AvgIpc) is 2.84. The molecule has 7 heteroatoms. The summed E-state index contributed by atoms with van der Waals surface area (Å²) >= 11 is 0. The summed E-state index contributed by atoms with van der Waals surface area (Å²) in [5, 5.41) is 11.7. The molecular formula is C24H21N3O4. The zero-order chi connectivity index (χ0) is 21.8. The molecule has 0 aliphatic carbocycles. The van der Waals surface area contributed by atoms with Crippen LogP contribution in [-0.2, 0) is 0 Å². The second kappa shape index (κ2) is 8.79. The number of amides is 1. The zero-order valence-corrected chi connectivity index (χ0v) is 16.8. The van der Waals surface area contributed by atoms with Crippen LogP contribution in [0.15, 0.2) is 78.9 Å². The van der Waals surface area contributed by atoms with Gasteiger partial charge in [0.05, 0.1) is 4.92 Å². The smallest absolute Gasteiger partial charge is 0.293 e. The third kappa shape index (κ3) is 4.30. The summed E-state index contributed by atoms with van der Waals surface area (Å²) < 4.78 is 0. The highest BCUT2D eigenvalue weighted by atomic mass is 16.6. The Morgan fingerprint density at radius 3 is 1.90 bits per heavy atom. The molecule has 0 aromatic heterocycles. The Bertz CT molecular complexity index is 1110. The number of rotatable bonds is 5. The van der Waals surface area contributed by atoms with Crippen molar-refractivity contribution in [3.05, 3.63) is 106 Å². The van der Waals surface area contributed by atoms with Gasteiger partial charge in [0.15, 0.2) is 5.78 Å². The van der Waals surface area contributed by atoms with Crippen molar-refractivity contribution in [1.29, 1.82) is 0 Å². The molecule has 1 aliphatic rings. The van der Waals surface area contributed by atoms with Gasteiger partial charge in [-0.25, -0.2) is 0 Å². The number of carbonyl (C=O) groups is 2. The fourth-order valence-electron chi connectivity index (χ4n) is 3.75. The van der Waals surface area contributed by atoms with E-state index in [1.165, 1.54) is 6.07 Å². The first-order valence-electron chi connectivity index (χ1n) is 10.0. The molecule has 0 atom stereocenters. The maximum Gasteiger partial charge on any atom is 0.293 e. The molecule has 3 aromatic rings. The van der Waals surface area contributed by atoms with Crippen LogP contribution in [0.25, 0.3) is 0 Å². The van der Waals surface area contributed by atoms with Crippen molar-refractivity contribution >= 4 is 23.1 Å². The van der Waals surface area contributed by atoms with Crippen molar-refractivity contribution in [1.82, 2.24) is 4.90 Å². The van der Waals surface area contributed by atoms with E-state index in [9.17, 15) is 19.7 Å². The molecule has 0 radical (unpaired) electrons. The summed E-state index contributed by atoms with van der Waals surface area (Å²) in [7, 11) is 0. The number of piperazine rings is 1. The van der Waals surface area contributed by atoms with Crippen LogP contribution in [0.1, 0.15) is 26.3 Å². The highest BCUT2D eigenvalue weighted by Crippen LogP contribution is 2.31. The van der Waals surface area contributed by atoms with Crippen molar-refractivity contribution in [3.8, 4) is 0 Å². The molecule has 0 bridgehead atoms. The van der Waals surface area contributed by atoms with Crippen LogP contribution in [0.3, 0.4) is 0 Å². The second-order valence-corrected chi connectivity index (χ2v) is 7.30. The standard InChI is InChI=1S/C24H21N3O4/c28-23(18-7-3-1-4-8-18)20-11-12-21(22(17-20)27(30)31)25-13-15-26(16-14-25)24(29)19-9-5-2-6-10-19/h1-12,17H,13-16H2. The van der Waals surface area contributed by atoms with Crippen LogP contribution >= 0.6 is 0 Å². The Morgan fingerprint density at radius 1 is 0.742 bits per heavy atom. The monoisotopic (exact) mass is 415 g/mol. The van der Waals surface area contributed by atoms with Gasteiger partial charge in [0.1, 0.15) is 5.69 Å². The molecule has 1 amide bonds. The minimum Gasteiger partial charge on any atom is -0.362 e. The van der Waals surface area contributed by atoms with E-state index in [1.807, 2.05) is 29.2 Å². The van der Waals surface area contributed by atoms with Gasteiger partial charge in [-0.05, 0) is 24.3 Å². The van der Waals surface area contributed by atoms with Crippen LogP contribution < -0.4 is 4.90 Å². The molecule has 4 rings (SSSR count). The fourth-order valence-corrected chi connectivity index (χ4v) is 3.75. The molecule has 0 spiro atoms. The number of nitrogens with zero attached hydrogens (tertiary/aromatic N) is 3. The molecule has 1 fully saturated rings. The predicted octanol–water partition coefficient (Wildman–Crippen LogP) is 3.79. The number of carbonyl (C=O) groups excluding carboxylic acids is 2. The highest BCUT2D eigenvalue weighted by Gasteiger charge is 2.27. The van der Waals surface area contributed by atoms with Gasteiger partial charge in [0.25, 0.3) is 11.6 Å². The summed E-state index contributed by atoms with van der Waals surface area (Å²) in [4.78, 5) is 40.2. The lowest BCUT2D eigenvalue weighted by Crippen LogP contribution is -2.49. The van der Waals surface area contributed by atoms with Gasteiger partial charge >= 0.3 is 0 Å². The topological polar surface area (TPSA) is 83.8 Å². The van der Waals surface area contributed by atoms with Crippen molar-refractivity contribution in [2.45, 2.75) is 0 Å². The third-order valence-electron chi connectivity index (χ3n) is 5.40. The van der Waals surface area contributed by atoms with E-state index < -0.39 is 4.92 Å². The number of nitro groups is 1. The molecule has 1 saturated heterocycles. The van der Waals surface area contributed by atoms with Crippen molar-refractivity contribution in [2.24, 2.45) is 0 Å². The Balaban J connectivity index is 1.52. The number of ketones is 1. The van der Waals surface area contributed by atoms with E-state index in [1.54, 1.807) is 53.4 Å². The summed E-state index contributed by atoms with van der Waals surface area (Å²) in [5.74, 6) is -0.299. The van der Waals surface area contributed by atoms with Crippen molar-refractivity contribution in [3.63, 3.8) is 0 Å². The van der Waals surface area contributed by atoms with Crippen LogP contribution in [0.4, 0.5) is 11.4 Å². The lowest BCUT2D eigenvalue weighted by Gasteiger charge is -2.35. The minimum atomic E-state index is -0.460. The van der Waals surface area contributed by atoms with Gasteiger partial charge in [-0.15, -0.1) is 0 Å². The first-order chi connectivity index (χ1) is 15.0. The molecule has 31 heavy (non-hydrogen) atoms. The maximum absolute atomic E-state index is 12.7. The summed E-state index contributed by atoms with van der Waals surface area (Å²) in [5.41, 5.74) is 1.74.